The summed E-state index contributed by atoms with van der Waals surface area (Å²) in [5.41, 5.74) is 4.02. The molecule has 0 bridgehead atoms. The number of fused-ring (bicyclic) bond motifs is 1. The second-order valence-electron chi connectivity index (χ2n) is 6.83. The van der Waals surface area contributed by atoms with Gasteiger partial charge in [-0.05, 0) is 67.7 Å². The lowest BCUT2D eigenvalue weighted by molar-refractivity contribution is 0.125. The van der Waals surface area contributed by atoms with E-state index in [4.69, 9.17) is 0 Å². The summed E-state index contributed by atoms with van der Waals surface area (Å²) in [4.78, 5) is 0. The fourth-order valence-corrected chi connectivity index (χ4v) is 3.21. The van der Waals surface area contributed by atoms with Gasteiger partial charge >= 0.3 is 0 Å². The number of benzene rings is 1. The van der Waals surface area contributed by atoms with Gasteiger partial charge in [-0.2, -0.15) is 0 Å². The van der Waals surface area contributed by atoms with E-state index in [1.54, 1.807) is 0 Å². The molecule has 1 aromatic carbocycles. The maximum Gasteiger partial charge on any atom is 0.0942 e. The van der Waals surface area contributed by atoms with Crippen LogP contribution in [0.1, 0.15) is 69.2 Å². The predicted octanol–water partition coefficient (Wildman–Crippen LogP) is 4.01. The van der Waals surface area contributed by atoms with Gasteiger partial charge in [0.05, 0.1) is 6.10 Å². The Balaban J connectivity index is 2.01. The topological polar surface area (TPSA) is 32.3 Å². The summed E-state index contributed by atoms with van der Waals surface area (Å²) >= 11 is 0. The predicted molar refractivity (Wildman–Crippen MR) is 89.6 cm³/mol. The zero-order valence-electron chi connectivity index (χ0n) is 13.9. The lowest BCUT2D eigenvalue weighted by Crippen LogP contribution is -2.35. The fourth-order valence-electron chi connectivity index (χ4n) is 3.21. The van der Waals surface area contributed by atoms with E-state index in [0.29, 0.717) is 5.92 Å². The number of hydrogen-bond donors (Lipinski definition) is 2. The third-order valence-electron chi connectivity index (χ3n) is 4.66. The molecule has 0 heterocycles. The second-order valence-corrected chi connectivity index (χ2v) is 6.83. The SMILES string of the molecule is CCC(NCCC(C)C)C(O)c1ccc2c(c1)CCCC2. The number of hydrogen-bond acceptors (Lipinski definition) is 2. The minimum Gasteiger partial charge on any atom is -0.387 e. The highest BCUT2D eigenvalue weighted by Crippen LogP contribution is 2.26. The van der Waals surface area contributed by atoms with E-state index >= 15 is 0 Å². The Morgan fingerprint density at radius 1 is 1.14 bits per heavy atom. The Bertz CT molecular complexity index is 441. The van der Waals surface area contributed by atoms with Gasteiger partial charge in [0.1, 0.15) is 0 Å². The number of aryl methyl sites for hydroxylation is 2. The number of aliphatic hydroxyl groups is 1. The molecule has 1 aliphatic rings. The lowest BCUT2D eigenvalue weighted by Gasteiger charge is -2.25. The van der Waals surface area contributed by atoms with E-state index in [-0.39, 0.29) is 6.04 Å². The van der Waals surface area contributed by atoms with Crippen LogP contribution in [-0.4, -0.2) is 17.7 Å². The maximum absolute atomic E-state index is 10.7. The van der Waals surface area contributed by atoms with Gasteiger partial charge < -0.3 is 10.4 Å². The Morgan fingerprint density at radius 2 is 1.86 bits per heavy atom. The first-order valence-electron chi connectivity index (χ1n) is 8.65. The Hall–Kier alpha value is -0.860. The van der Waals surface area contributed by atoms with Crippen LogP contribution in [0.2, 0.25) is 0 Å². The molecule has 0 spiro atoms. The minimum atomic E-state index is -0.394. The van der Waals surface area contributed by atoms with Gasteiger partial charge in [-0.1, -0.05) is 39.0 Å². The van der Waals surface area contributed by atoms with Crippen molar-refractivity contribution < 1.29 is 5.11 Å². The van der Waals surface area contributed by atoms with Crippen LogP contribution in [0.4, 0.5) is 0 Å². The molecule has 2 nitrogen and oxygen atoms in total. The molecule has 0 radical (unpaired) electrons. The molecule has 0 aliphatic heterocycles. The Kier molecular flexibility index (Phi) is 6.25. The van der Waals surface area contributed by atoms with Crippen LogP contribution in [0, 0.1) is 5.92 Å². The summed E-state index contributed by atoms with van der Waals surface area (Å²) in [6.45, 7) is 7.61. The summed E-state index contributed by atoms with van der Waals surface area (Å²) in [7, 11) is 0. The molecule has 2 unspecified atom stereocenters. The molecule has 0 amide bonds. The molecular weight excluding hydrogens is 258 g/mol. The van der Waals surface area contributed by atoms with Crippen molar-refractivity contribution in [2.45, 2.75) is 71.4 Å². The first kappa shape index (κ1) is 16.5. The molecule has 21 heavy (non-hydrogen) atoms. The van der Waals surface area contributed by atoms with Crippen molar-refractivity contribution in [2.75, 3.05) is 6.54 Å². The van der Waals surface area contributed by atoms with Gasteiger partial charge in [0.2, 0.25) is 0 Å². The summed E-state index contributed by atoms with van der Waals surface area (Å²) in [5.74, 6) is 0.705. The average Bonchev–Trinajstić information content (AvgIpc) is 2.50. The van der Waals surface area contributed by atoms with Crippen molar-refractivity contribution >= 4 is 0 Å². The first-order valence-corrected chi connectivity index (χ1v) is 8.65. The normalized spacial score (nSPS) is 17.6. The minimum absolute atomic E-state index is 0.158. The van der Waals surface area contributed by atoms with Crippen LogP contribution in [0.25, 0.3) is 0 Å². The van der Waals surface area contributed by atoms with Crippen LogP contribution in [0.15, 0.2) is 18.2 Å². The van der Waals surface area contributed by atoms with Crippen LogP contribution >= 0.6 is 0 Å². The smallest absolute Gasteiger partial charge is 0.0942 e. The van der Waals surface area contributed by atoms with Gasteiger partial charge in [-0.15, -0.1) is 0 Å². The zero-order valence-corrected chi connectivity index (χ0v) is 13.9. The zero-order chi connectivity index (χ0) is 15.2. The highest BCUT2D eigenvalue weighted by atomic mass is 16.3. The van der Waals surface area contributed by atoms with Crippen molar-refractivity contribution in [3.8, 4) is 0 Å². The molecule has 0 saturated carbocycles. The summed E-state index contributed by atoms with van der Waals surface area (Å²) in [6, 6.07) is 6.76. The molecular formula is C19H31NO. The molecule has 1 aliphatic carbocycles. The molecule has 2 heteroatoms. The highest BCUT2D eigenvalue weighted by Gasteiger charge is 2.20. The third kappa shape index (κ3) is 4.55. The molecule has 2 N–H and O–H groups in total. The maximum atomic E-state index is 10.7. The van der Waals surface area contributed by atoms with Gasteiger partial charge in [0.25, 0.3) is 0 Å². The van der Waals surface area contributed by atoms with E-state index in [1.807, 2.05) is 0 Å². The van der Waals surface area contributed by atoms with E-state index in [9.17, 15) is 5.11 Å². The lowest BCUT2D eigenvalue weighted by atomic mass is 9.88. The van der Waals surface area contributed by atoms with Gasteiger partial charge in [-0.3, -0.25) is 0 Å². The van der Waals surface area contributed by atoms with Crippen molar-refractivity contribution in [1.29, 1.82) is 0 Å². The Labute approximate surface area is 130 Å². The molecule has 0 aromatic heterocycles. The van der Waals surface area contributed by atoms with Crippen molar-refractivity contribution in [3.63, 3.8) is 0 Å². The summed E-state index contributed by atoms with van der Waals surface area (Å²) in [6.07, 6.45) is 6.70. The number of nitrogens with one attached hydrogen (secondary N) is 1. The monoisotopic (exact) mass is 289 g/mol. The first-order chi connectivity index (χ1) is 10.1. The largest absolute Gasteiger partial charge is 0.387 e. The number of rotatable bonds is 7. The second kappa shape index (κ2) is 7.95. The fraction of sp³-hybridized carbons (Fsp3) is 0.684. The summed E-state index contributed by atoms with van der Waals surface area (Å²) in [5, 5.41) is 14.2. The van der Waals surface area contributed by atoms with Gasteiger partial charge in [-0.25, -0.2) is 0 Å². The molecule has 0 saturated heterocycles. The average molecular weight is 289 g/mol. The molecule has 118 valence electrons. The molecule has 2 rings (SSSR count). The van der Waals surface area contributed by atoms with Gasteiger partial charge in [0.15, 0.2) is 0 Å². The summed E-state index contributed by atoms with van der Waals surface area (Å²) < 4.78 is 0. The third-order valence-corrected chi connectivity index (χ3v) is 4.66. The molecule has 1 aromatic rings. The van der Waals surface area contributed by atoms with E-state index in [1.165, 1.54) is 36.8 Å². The highest BCUT2D eigenvalue weighted by molar-refractivity contribution is 5.35. The van der Waals surface area contributed by atoms with Crippen molar-refractivity contribution in [1.82, 2.24) is 5.32 Å². The molecule has 2 atom stereocenters. The molecule has 0 fully saturated rings. The quantitative estimate of drug-likeness (QED) is 0.795. The van der Waals surface area contributed by atoms with Crippen LogP contribution in [-0.2, 0) is 12.8 Å². The van der Waals surface area contributed by atoms with Crippen LogP contribution in [0.5, 0.6) is 0 Å². The standard InChI is InChI=1S/C19H31NO/c1-4-18(20-12-11-14(2)3)19(21)17-10-9-15-7-5-6-8-16(15)13-17/h9-10,13-14,18-21H,4-8,11-12H2,1-3H3. The van der Waals surface area contributed by atoms with Crippen molar-refractivity contribution in [3.05, 3.63) is 34.9 Å². The Morgan fingerprint density at radius 3 is 2.52 bits per heavy atom. The van der Waals surface area contributed by atoms with E-state index in [2.05, 4.69) is 44.3 Å². The van der Waals surface area contributed by atoms with Gasteiger partial charge in [0, 0.05) is 6.04 Å². The van der Waals surface area contributed by atoms with Crippen LogP contribution in [0.3, 0.4) is 0 Å². The number of aliphatic hydroxyl groups excluding tert-OH is 1. The van der Waals surface area contributed by atoms with E-state index in [0.717, 1.165) is 24.9 Å². The van der Waals surface area contributed by atoms with Crippen molar-refractivity contribution in [2.24, 2.45) is 5.92 Å². The van der Waals surface area contributed by atoms with E-state index < -0.39 is 6.10 Å². The van der Waals surface area contributed by atoms with Crippen LogP contribution < -0.4 is 5.32 Å².